The normalized spacial score (nSPS) is 10.5. The molecule has 0 fully saturated rings. The second-order valence-corrected chi connectivity index (χ2v) is 9.44. The van der Waals surface area contributed by atoms with Gasteiger partial charge in [-0.2, -0.15) is 0 Å². The monoisotopic (exact) mass is 558 g/mol. The standard InChI is InChI=1S/C36H30O6/c37-35(25-39-33-17-9-7-15-31(33)29-11-3-1-4-12-29)41-23-27-19-21-28(22-20-27)24-42-36(38)26-40-34-18-10-8-16-32(34)30-13-5-2-6-14-30/h1-22H,23-26H2. The molecule has 6 heteroatoms. The Morgan fingerprint density at radius 3 is 1.19 bits per heavy atom. The fourth-order valence-electron chi connectivity index (χ4n) is 4.31. The van der Waals surface area contributed by atoms with Crippen LogP contribution in [0.5, 0.6) is 11.5 Å². The van der Waals surface area contributed by atoms with Gasteiger partial charge in [-0.1, -0.05) is 121 Å². The van der Waals surface area contributed by atoms with Crippen LogP contribution in [-0.2, 0) is 32.3 Å². The van der Waals surface area contributed by atoms with Crippen LogP contribution in [0.25, 0.3) is 22.3 Å². The van der Waals surface area contributed by atoms with Gasteiger partial charge in [-0.3, -0.25) is 0 Å². The second-order valence-electron chi connectivity index (χ2n) is 9.44. The van der Waals surface area contributed by atoms with Crippen LogP contribution < -0.4 is 9.47 Å². The zero-order valence-corrected chi connectivity index (χ0v) is 23.0. The van der Waals surface area contributed by atoms with Gasteiger partial charge in [0, 0.05) is 11.1 Å². The largest absolute Gasteiger partial charge is 0.481 e. The van der Waals surface area contributed by atoms with E-state index >= 15 is 0 Å². The summed E-state index contributed by atoms with van der Waals surface area (Å²) in [7, 11) is 0. The molecule has 0 N–H and O–H groups in total. The minimum Gasteiger partial charge on any atom is -0.481 e. The van der Waals surface area contributed by atoms with Crippen molar-refractivity contribution in [2.24, 2.45) is 0 Å². The average molecular weight is 559 g/mol. The molecule has 42 heavy (non-hydrogen) atoms. The third kappa shape index (κ3) is 7.86. The topological polar surface area (TPSA) is 71.1 Å². The third-order valence-corrected chi connectivity index (χ3v) is 6.46. The number of hydrogen-bond donors (Lipinski definition) is 0. The highest BCUT2D eigenvalue weighted by molar-refractivity contribution is 5.74. The number of ether oxygens (including phenoxy) is 4. The fraction of sp³-hybridized carbons (Fsp3) is 0.111. The van der Waals surface area contributed by atoms with Crippen molar-refractivity contribution >= 4 is 11.9 Å². The van der Waals surface area contributed by atoms with E-state index in [2.05, 4.69) is 0 Å². The van der Waals surface area contributed by atoms with Crippen LogP contribution in [-0.4, -0.2) is 25.2 Å². The number of carbonyl (C=O) groups excluding carboxylic acids is 2. The van der Waals surface area contributed by atoms with Crippen LogP contribution in [0.2, 0.25) is 0 Å². The second kappa shape index (κ2) is 14.3. The lowest BCUT2D eigenvalue weighted by atomic mass is 10.1. The summed E-state index contributed by atoms with van der Waals surface area (Å²) >= 11 is 0. The number of hydrogen-bond acceptors (Lipinski definition) is 6. The first-order chi connectivity index (χ1) is 20.7. The van der Waals surface area contributed by atoms with Gasteiger partial charge in [0.25, 0.3) is 0 Å². The molecule has 0 aromatic heterocycles. The molecule has 0 atom stereocenters. The summed E-state index contributed by atoms with van der Waals surface area (Å²) in [4.78, 5) is 24.7. The number of para-hydroxylation sites is 2. The Labute approximate surface area is 245 Å². The van der Waals surface area contributed by atoms with Crippen LogP contribution in [0.4, 0.5) is 0 Å². The van der Waals surface area contributed by atoms with Gasteiger partial charge in [0.05, 0.1) is 0 Å². The lowest BCUT2D eigenvalue weighted by Gasteiger charge is -2.12. The van der Waals surface area contributed by atoms with Gasteiger partial charge >= 0.3 is 11.9 Å². The predicted octanol–water partition coefficient (Wildman–Crippen LogP) is 7.27. The predicted molar refractivity (Wildman–Crippen MR) is 161 cm³/mol. The molecule has 0 radical (unpaired) electrons. The number of carbonyl (C=O) groups is 2. The molecule has 0 unspecified atom stereocenters. The van der Waals surface area contributed by atoms with E-state index in [0.717, 1.165) is 33.4 Å². The summed E-state index contributed by atoms with van der Waals surface area (Å²) in [5.41, 5.74) is 5.45. The summed E-state index contributed by atoms with van der Waals surface area (Å²) in [6.45, 7) is -0.180. The van der Waals surface area contributed by atoms with Gasteiger partial charge < -0.3 is 18.9 Å². The highest BCUT2D eigenvalue weighted by Crippen LogP contribution is 2.30. The maximum absolute atomic E-state index is 12.3. The Bertz CT molecular complexity index is 1480. The molecule has 5 aromatic carbocycles. The number of rotatable bonds is 12. The van der Waals surface area contributed by atoms with Crippen molar-refractivity contribution in [1.29, 1.82) is 0 Å². The Hall–Kier alpha value is -5.36. The smallest absolute Gasteiger partial charge is 0.344 e. The molecule has 0 saturated heterocycles. The summed E-state index contributed by atoms with van der Waals surface area (Å²) in [5.74, 6) is 0.296. The number of esters is 2. The van der Waals surface area contributed by atoms with Gasteiger partial charge in [-0.25, -0.2) is 9.59 Å². The zero-order valence-electron chi connectivity index (χ0n) is 23.0. The minimum atomic E-state index is -0.468. The lowest BCUT2D eigenvalue weighted by molar-refractivity contribution is -0.148. The van der Waals surface area contributed by atoms with E-state index < -0.39 is 11.9 Å². The molecule has 0 heterocycles. The van der Waals surface area contributed by atoms with Crippen molar-refractivity contribution in [3.8, 4) is 33.8 Å². The molecular formula is C36H30O6. The molecule has 0 aliphatic heterocycles. The van der Waals surface area contributed by atoms with Crippen molar-refractivity contribution in [2.75, 3.05) is 13.2 Å². The SMILES string of the molecule is O=C(COc1ccccc1-c1ccccc1)OCc1ccc(COC(=O)COc2ccccc2-c2ccccc2)cc1. The van der Waals surface area contributed by atoms with Gasteiger partial charge in [0.1, 0.15) is 24.7 Å². The van der Waals surface area contributed by atoms with E-state index in [4.69, 9.17) is 18.9 Å². The molecule has 5 rings (SSSR count). The lowest BCUT2D eigenvalue weighted by Crippen LogP contribution is -2.15. The van der Waals surface area contributed by atoms with E-state index in [1.165, 1.54) is 0 Å². The summed E-state index contributed by atoms with van der Waals surface area (Å²) in [5, 5.41) is 0. The Morgan fingerprint density at radius 1 is 0.429 bits per heavy atom. The quantitative estimate of drug-likeness (QED) is 0.150. The molecule has 0 saturated carbocycles. The van der Waals surface area contributed by atoms with Crippen molar-refractivity contribution in [3.05, 3.63) is 145 Å². The van der Waals surface area contributed by atoms with Crippen molar-refractivity contribution in [1.82, 2.24) is 0 Å². The Kier molecular flexibility index (Phi) is 9.61. The van der Waals surface area contributed by atoms with Crippen molar-refractivity contribution in [2.45, 2.75) is 13.2 Å². The van der Waals surface area contributed by atoms with Gasteiger partial charge in [0.15, 0.2) is 13.2 Å². The highest BCUT2D eigenvalue weighted by atomic mass is 16.6. The summed E-state index contributed by atoms with van der Waals surface area (Å²) in [6, 6.07) is 42.2. The van der Waals surface area contributed by atoms with Crippen molar-refractivity contribution < 1.29 is 28.5 Å². The third-order valence-electron chi connectivity index (χ3n) is 6.46. The maximum Gasteiger partial charge on any atom is 0.344 e. The first kappa shape index (κ1) is 28.2. The molecule has 210 valence electrons. The van der Waals surface area contributed by atoms with Gasteiger partial charge in [-0.05, 0) is 34.4 Å². The van der Waals surface area contributed by atoms with E-state index in [9.17, 15) is 9.59 Å². The van der Waals surface area contributed by atoms with E-state index in [1.54, 1.807) is 0 Å². The first-order valence-corrected chi connectivity index (χ1v) is 13.6. The molecule has 0 bridgehead atoms. The fourth-order valence-corrected chi connectivity index (χ4v) is 4.31. The molecule has 0 spiro atoms. The molecule has 0 amide bonds. The van der Waals surface area contributed by atoms with Gasteiger partial charge in [-0.15, -0.1) is 0 Å². The molecule has 0 aliphatic rings. The van der Waals surface area contributed by atoms with E-state index in [1.807, 2.05) is 133 Å². The van der Waals surface area contributed by atoms with E-state index in [0.29, 0.717) is 11.5 Å². The molecular weight excluding hydrogens is 528 g/mol. The van der Waals surface area contributed by atoms with Crippen LogP contribution in [0.3, 0.4) is 0 Å². The van der Waals surface area contributed by atoms with Crippen LogP contribution >= 0.6 is 0 Å². The Morgan fingerprint density at radius 2 is 0.786 bits per heavy atom. The maximum atomic E-state index is 12.3. The van der Waals surface area contributed by atoms with Gasteiger partial charge in [0.2, 0.25) is 0 Å². The summed E-state index contributed by atoms with van der Waals surface area (Å²) < 4.78 is 22.3. The summed E-state index contributed by atoms with van der Waals surface area (Å²) in [6.07, 6.45) is 0. The van der Waals surface area contributed by atoms with Crippen LogP contribution in [0, 0.1) is 0 Å². The Balaban J connectivity index is 1.05. The molecule has 6 nitrogen and oxygen atoms in total. The van der Waals surface area contributed by atoms with Crippen LogP contribution in [0.1, 0.15) is 11.1 Å². The van der Waals surface area contributed by atoms with Crippen molar-refractivity contribution in [3.63, 3.8) is 0 Å². The average Bonchev–Trinajstić information content (AvgIpc) is 3.06. The molecule has 5 aromatic rings. The number of benzene rings is 5. The minimum absolute atomic E-state index is 0.108. The highest BCUT2D eigenvalue weighted by Gasteiger charge is 2.11. The molecule has 0 aliphatic carbocycles. The van der Waals surface area contributed by atoms with Crippen LogP contribution in [0.15, 0.2) is 133 Å². The zero-order chi connectivity index (χ0) is 29.0. The van der Waals surface area contributed by atoms with E-state index in [-0.39, 0.29) is 26.4 Å². The first-order valence-electron chi connectivity index (χ1n) is 13.6.